The van der Waals surface area contributed by atoms with E-state index in [0.29, 0.717) is 6.00 Å². The molecule has 0 fully saturated rings. The van der Waals surface area contributed by atoms with Crippen LogP contribution in [0.15, 0.2) is 24.5 Å². The summed E-state index contributed by atoms with van der Waals surface area (Å²) >= 11 is 5.72. The minimum atomic E-state index is 0.458. The van der Waals surface area contributed by atoms with Crippen LogP contribution >= 0.6 is 11.6 Å². The number of aryl methyl sites for hydroxylation is 1. The maximum absolute atomic E-state index is 5.72. The molecule has 0 N–H and O–H groups in total. The zero-order valence-corrected chi connectivity index (χ0v) is 7.54. The van der Waals surface area contributed by atoms with Gasteiger partial charge in [0.15, 0.2) is 0 Å². The highest BCUT2D eigenvalue weighted by atomic mass is 35.5. The van der Waals surface area contributed by atoms with Gasteiger partial charge in [-0.2, -0.15) is 0 Å². The SMILES string of the molecule is Cc1cccc2c1ncn2CCl. The Balaban J connectivity index is 2.80. The predicted octanol–water partition coefficient (Wildman–Crippen LogP) is 2.54. The Morgan fingerprint density at radius 2 is 2.33 bits per heavy atom. The van der Waals surface area contributed by atoms with E-state index in [1.165, 1.54) is 5.56 Å². The minimum Gasteiger partial charge on any atom is -0.316 e. The fraction of sp³-hybridized carbons (Fsp3) is 0.222. The van der Waals surface area contributed by atoms with E-state index in [9.17, 15) is 0 Å². The molecule has 0 amide bonds. The molecule has 3 heteroatoms. The van der Waals surface area contributed by atoms with Gasteiger partial charge in [0.1, 0.15) is 0 Å². The second kappa shape index (κ2) is 2.79. The van der Waals surface area contributed by atoms with Gasteiger partial charge in [-0.3, -0.25) is 0 Å². The van der Waals surface area contributed by atoms with Crippen molar-refractivity contribution in [3.63, 3.8) is 0 Å². The van der Waals surface area contributed by atoms with E-state index in [0.717, 1.165) is 11.0 Å². The molecule has 0 atom stereocenters. The van der Waals surface area contributed by atoms with Crippen molar-refractivity contribution < 1.29 is 0 Å². The zero-order valence-electron chi connectivity index (χ0n) is 6.79. The summed E-state index contributed by atoms with van der Waals surface area (Å²) in [4.78, 5) is 4.27. The lowest BCUT2D eigenvalue weighted by atomic mass is 10.2. The maximum atomic E-state index is 5.72. The third-order valence-electron chi connectivity index (χ3n) is 1.98. The Kier molecular flexibility index (Phi) is 1.77. The van der Waals surface area contributed by atoms with E-state index >= 15 is 0 Å². The van der Waals surface area contributed by atoms with Gasteiger partial charge in [0.2, 0.25) is 0 Å². The molecule has 12 heavy (non-hydrogen) atoms. The first kappa shape index (κ1) is 7.62. The van der Waals surface area contributed by atoms with Crippen molar-refractivity contribution in [1.82, 2.24) is 9.55 Å². The number of hydrogen-bond acceptors (Lipinski definition) is 1. The van der Waals surface area contributed by atoms with Crippen molar-refractivity contribution in [3.05, 3.63) is 30.1 Å². The van der Waals surface area contributed by atoms with Crippen LogP contribution in [0.2, 0.25) is 0 Å². The van der Waals surface area contributed by atoms with Crippen LogP contribution in [0.5, 0.6) is 0 Å². The second-order valence-corrected chi connectivity index (χ2v) is 3.02. The number of fused-ring (bicyclic) bond motifs is 1. The molecule has 0 saturated heterocycles. The van der Waals surface area contributed by atoms with Gasteiger partial charge in [0.25, 0.3) is 0 Å². The number of hydrogen-bond donors (Lipinski definition) is 0. The molecule has 2 nitrogen and oxygen atoms in total. The first-order valence-corrected chi connectivity index (χ1v) is 4.33. The lowest BCUT2D eigenvalue weighted by Gasteiger charge is -1.97. The van der Waals surface area contributed by atoms with Crippen LogP contribution in [-0.2, 0) is 6.00 Å². The minimum absolute atomic E-state index is 0.458. The predicted molar refractivity (Wildman–Crippen MR) is 50.3 cm³/mol. The summed E-state index contributed by atoms with van der Waals surface area (Å²) in [5.41, 5.74) is 3.33. The van der Waals surface area contributed by atoms with Crippen molar-refractivity contribution in [2.24, 2.45) is 0 Å². The van der Waals surface area contributed by atoms with E-state index in [4.69, 9.17) is 11.6 Å². The molecule has 2 aromatic rings. The van der Waals surface area contributed by atoms with Crippen molar-refractivity contribution in [2.45, 2.75) is 12.9 Å². The molecular weight excluding hydrogens is 172 g/mol. The monoisotopic (exact) mass is 180 g/mol. The first-order chi connectivity index (χ1) is 5.83. The smallest absolute Gasteiger partial charge is 0.0986 e. The maximum Gasteiger partial charge on any atom is 0.0986 e. The van der Waals surface area contributed by atoms with Crippen LogP contribution in [0, 0.1) is 6.92 Å². The van der Waals surface area contributed by atoms with Crippen molar-refractivity contribution >= 4 is 22.6 Å². The molecule has 0 aliphatic rings. The third kappa shape index (κ3) is 0.994. The molecule has 1 aromatic heterocycles. The Morgan fingerprint density at radius 1 is 1.50 bits per heavy atom. The van der Waals surface area contributed by atoms with Crippen LogP contribution in [0.25, 0.3) is 11.0 Å². The summed E-state index contributed by atoms with van der Waals surface area (Å²) in [6, 6.07) is 6.55. The standard InChI is InChI=1S/C9H9ClN2/c1-7-3-2-4-8-9(7)11-6-12(8)5-10/h2-4,6H,5H2,1H3. The topological polar surface area (TPSA) is 17.8 Å². The Morgan fingerprint density at radius 3 is 3.08 bits per heavy atom. The van der Waals surface area contributed by atoms with Crippen LogP contribution in [-0.4, -0.2) is 9.55 Å². The van der Waals surface area contributed by atoms with Gasteiger partial charge in [0, 0.05) is 0 Å². The van der Waals surface area contributed by atoms with Gasteiger partial charge in [-0.15, -0.1) is 11.6 Å². The highest BCUT2D eigenvalue weighted by Crippen LogP contribution is 2.16. The number of aromatic nitrogens is 2. The van der Waals surface area contributed by atoms with Gasteiger partial charge in [-0.1, -0.05) is 12.1 Å². The number of rotatable bonds is 1. The second-order valence-electron chi connectivity index (χ2n) is 2.78. The number of nitrogens with zero attached hydrogens (tertiary/aromatic N) is 2. The average Bonchev–Trinajstić information content (AvgIpc) is 2.49. The zero-order chi connectivity index (χ0) is 8.55. The Labute approximate surface area is 75.8 Å². The molecule has 0 bridgehead atoms. The largest absolute Gasteiger partial charge is 0.316 e. The molecule has 1 aromatic carbocycles. The highest BCUT2D eigenvalue weighted by Gasteiger charge is 2.01. The number of alkyl halides is 1. The quantitative estimate of drug-likeness (QED) is 0.617. The Hall–Kier alpha value is -1.02. The highest BCUT2D eigenvalue weighted by molar-refractivity contribution is 6.15. The summed E-state index contributed by atoms with van der Waals surface area (Å²) in [5.74, 6) is 0. The summed E-state index contributed by atoms with van der Waals surface area (Å²) in [7, 11) is 0. The van der Waals surface area contributed by atoms with E-state index in [1.54, 1.807) is 6.33 Å². The third-order valence-corrected chi connectivity index (χ3v) is 2.24. The molecule has 0 saturated carbocycles. The molecule has 0 unspecified atom stereocenters. The average molecular weight is 181 g/mol. The van der Waals surface area contributed by atoms with Gasteiger partial charge in [-0.25, -0.2) is 4.98 Å². The molecule has 0 spiro atoms. The normalized spacial score (nSPS) is 10.8. The number of benzene rings is 1. The Bertz CT molecular complexity index is 406. The molecule has 0 aliphatic carbocycles. The van der Waals surface area contributed by atoms with E-state index in [-0.39, 0.29) is 0 Å². The summed E-state index contributed by atoms with van der Waals surface area (Å²) < 4.78 is 1.92. The lowest BCUT2D eigenvalue weighted by Crippen LogP contribution is -1.87. The number of halogens is 1. The van der Waals surface area contributed by atoms with Crippen LogP contribution < -0.4 is 0 Å². The molecule has 0 radical (unpaired) electrons. The van der Waals surface area contributed by atoms with Crippen LogP contribution in [0.4, 0.5) is 0 Å². The molecule has 62 valence electrons. The summed E-state index contributed by atoms with van der Waals surface area (Å²) in [5, 5.41) is 0. The molecule has 1 heterocycles. The van der Waals surface area contributed by atoms with E-state index in [1.807, 2.05) is 29.7 Å². The fourth-order valence-corrected chi connectivity index (χ4v) is 1.52. The van der Waals surface area contributed by atoms with Crippen LogP contribution in [0.3, 0.4) is 0 Å². The fourth-order valence-electron chi connectivity index (χ4n) is 1.33. The van der Waals surface area contributed by atoms with Crippen molar-refractivity contribution in [1.29, 1.82) is 0 Å². The van der Waals surface area contributed by atoms with E-state index < -0.39 is 0 Å². The van der Waals surface area contributed by atoms with E-state index in [2.05, 4.69) is 4.98 Å². The number of para-hydroxylation sites is 1. The first-order valence-electron chi connectivity index (χ1n) is 3.79. The summed E-state index contributed by atoms with van der Waals surface area (Å²) in [6.45, 7) is 2.05. The molecule has 0 aliphatic heterocycles. The van der Waals surface area contributed by atoms with Gasteiger partial charge >= 0.3 is 0 Å². The van der Waals surface area contributed by atoms with Crippen molar-refractivity contribution in [2.75, 3.05) is 0 Å². The summed E-state index contributed by atoms with van der Waals surface area (Å²) in [6.07, 6.45) is 1.77. The molecule has 2 rings (SSSR count). The van der Waals surface area contributed by atoms with Crippen molar-refractivity contribution in [3.8, 4) is 0 Å². The lowest BCUT2D eigenvalue weighted by molar-refractivity contribution is 0.913. The van der Waals surface area contributed by atoms with Crippen LogP contribution in [0.1, 0.15) is 5.56 Å². The number of imidazole rings is 1. The van der Waals surface area contributed by atoms with Gasteiger partial charge in [0.05, 0.1) is 23.4 Å². The molecular formula is C9H9ClN2. The van der Waals surface area contributed by atoms with Gasteiger partial charge in [-0.05, 0) is 18.6 Å². The van der Waals surface area contributed by atoms with Gasteiger partial charge < -0.3 is 4.57 Å².